The second-order valence-electron chi connectivity index (χ2n) is 5.35. The lowest BCUT2D eigenvalue weighted by Crippen LogP contribution is -2.19. The smallest absolute Gasteiger partial charge is 0.161 e. The highest BCUT2D eigenvalue weighted by molar-refractivity contribution is 5.57. The first-order chi connectivity index (χ1) is 9.83. The lowest BCUT2D eigenvalue weighted by molar-refractivity contribution is 0.667. The minimum atomic E-state index is 0.310. The quantitative estimate of drug-likeness (QED) is 0.734. The molecule has 1 unspecified atom stereocenters. The molecule has 1 aliphatic rings. The lowest BCUT2D eigenvalue weighted by Gasteiger charge is -2.25. The molecule has 100 valence electrons. The summed E-state index contributed by atoms with van der Waals surface area (Å²) in [6.45, 7) is 3.05. The third kappa shape index (κ3) is 1.68. The normalized spacial score (nSPS) is 17.8. The third-order valence-electron chi connectivity index (χ3n) is 3.99. The number of fused-ring (bicyclic) bond motifs is 2. The maximum Gasteiger partial charge on any atom is 0.161 e. The minimum absolute atomic E-state index is 0.310. The SMILES string of the molecule is Cc1ccn2c(C3CCNc4ccccc43)nnc2c1. The average molecular weight is 264 g/mol. The first-order valence-electron chi connectivity index (χ1n) is 6.97. The van der Waals surface area contributed by atoms with Crippen LogP contribution >= 0.6 is 0 Å². The summed E-state index contributed by atoms with van der Waals surface area (Å²) in [6.07, 6.45) is 3.12. The Labute approximate surface area is 117 Å². The Morgan fingerprint density at radius 2 is 2.10 bits per heavy atom. The molecule has 0 bridgehead atoms. The number of hydrogen-bond acceptors (Lipinski definition) is 3. The predicted molar refractivity (Wildman–Crippen MR) is 79.1 cm³/mol. The van der Waals surface area contributed by atoms with Crippen LogP contribution in [0.1, 0.15) is 29.3 Å². The van der Waals surface area contributed by atoms with Gasteiger partial charge in [-0.3, -0.25) is 4.40 Å². The van der Waals surface area contributed by atoms with Gasteiger partial charge in [0.25, 0.3) is 0 Å². The first-order valence-corrected chi connectivity index (χ1v) is 6.97. The molecule has 1 N–H and O–H groups in total. The number of aromatic nitrogens is 3. The van der Waals surface area contributed by atoms with Crippen molar-refractivity contribution in [3.63, 3.8) is 0 Å². The van der Waals surface area contributed by atoms with Gasteiger partial charge in [0.15, 0.2) is 5.65 Å². The van der Waals surface area contributed by atoms with E-state index in [9.17, 15) is 0 Å². The van der Waals surface area contributed by atoms with Crippen LogP contribution in [-0.4, -0.2) is 21.1 Å². The van der Waals surface area contributed by atoms with Gasteiger partial charge in [-0.05, 0) is 42.7 Å². The molecule has 0 aliphatic carbocycles. The number of hydrogen-bond donors (Lipinski definition) is 1. The Bertz CT molecular complexity index is 775. The molecule has 1 aliphatic heterocycles. The van der Waals surface area contributed by atoms with Crippen molar-refractivity contribution in [1.29, 1.82) is 0 Å². The number of benzene rings is 1. The molecule has 4 heteroatoms. The fourth-order valence-electron chi connectivity index (χ4n) is 2.99. The molecule has 0 radical (unpaired) electrons. The van der Waals surface area contributed by atoms with E-state index in [1.807, 2.05) is 0 Å². The van der Waals surface area contributed by atoms with Crippen molar-refractivity contribution in [2.24, 2.45) is 0 Å². The topological polar surface area (TPSA) is 42.2 Å². The van der Waals surface area contributed by atoms with Crippen LogP contribution in [0.4, 0.5) is 5.69 Å². The molecule has 0 fully saturated rings. The summed E-state index contributed by atoms with van der Waals surface area (Å²) in [4.78, 5) is 0. The van der Waals surface area contributed by atoms with Crippen molar-refractivity contribution in [3.05, 3.63) is 59.5 Å². The summed E-state index contributed by atoms with van der Waals surface area (Å²) < 4.78 is 2.11. The first kappa shape index (κ1) is 11.5. The summed E-state index contributed by atoms with van der Waals surface area (Å²) >= 11 is 0. The molecule has 0 saturated carbocycles. The third-order valence-corrected chi connectivity index (χ3v) is 3.99. The van der Waals surface area contributed by atoms with Crippen LogP contribution in [0.5, 0.6) is 0 Å². The largest absolute Gasteiger partial charge is 0.385 e. The lowest BCUT2D eigenvalue weighted by atomic mass is 9.90. The van der Waals surface area contributed by atoms with E-state index in [1.54, 1.807) is 0 Å². The molecule has 0 amide bonds. The maximum atomic E-state index is 4.44. The molecule has 4 rings (SSSR count). The van der Waals surface area contributed by atoms with E-state index in [1.165, 1.54) is 16.8 Å². The monoisotopic (exact) mass is 264 g/mol. The van der Waals surface area contributed by atoms with Gasteiger partial charge in [-0.25, -0.2) is 0 Å². The summed E-state index contributed by atoms with van der Waals surface area (Å²) in [7, 11) is 0. The Morgan fingerprint density at radius 3 is 3.05 bits per heavy atom. The van der Waals surface area contributed by atoms with Crippen LogP contribution in [0.3, 0.4) is 0 Å². The number of nitrogens with one attached hydrogen (secondary N) is 1. The van der Waals surface area contributed by atoms with E-state index >= 15 is 0 Å². The second-order valence-corrected chi connectivity index (χ2v) is 5.35. The van der Waals surface area contributed by atoms with E-state index in [0.717, 1.165) is 24.4 Å². The van der Waals surface area contributed by atoms with Crippen molar-refractivity contribution >= 4 is 11.3 Å². The van der Waals surface area contributed by atoms with Gasteiger partial charge >= 0.3 is 0 Å². The van der Waals surface area contributed by atoms with Crippen molar-refractivity contribution in [3.8, 4) is 0 Å². The van der Waals surface area contributed by atoms with Crippen LogP contribution in [0.15, 0.2) is 42.6 Å². The van der Waals surface area contributed by atoms with Crippen LogP contribution in [-0.2, 0) is 0 Å². The summed E-state index contributed by atoms with van der Waals surface area (Å²) in [5.74, 6) is 1.35. The number of pyridine rings is 1. The highest BCUT2D eigenvalue weighted by atomic mass is 15.2. The van der Waals surface area contributed by atoms with Gasteiger partial charge in [0.1, 0.15) is 5.82 Å². The van der Waals surface area contributed by atoms with E-state index in [0.29, 0.717) is 5.92 Å². The predicted octanol–water partition coefficient (Wildman–Crippen LogP) is 2.99. The number of para-hydroxylation sites is 1. The zero-order chi connectivity index (χ0) is 13.5. The van der Waals surface area contributed by atoms with Gasteiger partial charge in [-0.2, -0.15) is 0 Å². The Hall–Kier alpha value is -2.36. The van der Waals surface area contributed by atoms with Gasteiger partial charge in [-0.15, -0.1) is 10.2 Å². The molecule has 0 saturated heterocycles. The van der Waals surface area contributed by atoms with Crippen molar-refractivity contribution in [2.45, 2.75) is 19.3 Å². The molecule has 1 atom stereocenters. The number of anilines is 1. The zero-order valence-electron chi connectivity index (χ0n) is 11.4. The van der Waals surface area contributed by atoms with Gasteiger partial charge in [0.05, 0.1) is 0 Å². The fraction of sp³-hybridized carbons (Fsp3) is 0.250. The van der Waals surface area contributed by atoms with Crippen LogP contribution in [0.2, 0.25) is 0 Å². The maximum absolute atomic E-state index is 4.44. The highest BCUT2D eigenvalue weighted by Gasteiger charge is 2.25. The van der Waals surface area contributed by atoms with Gasteiger partial charge in [0, 0.05) is 24.3 Å². The molecule has 2 aromatic heterocycles. The molecule has 20 heavy (non-hydrogen) atoms. The molecular formula is C16H16N4. The standard InChI is InChI=1S/C16H16N4/c1-11-7-9-20-15(10-11)18-19-16(20)13-6-8-17-14-5-3-2-4-12(13)14/h2-5,7,9-10,13,17H,6,8H2,1H3. The van der Waals surface area contributed by atoms with E-state index in [4.69, 9.17) is 0 Å². The Morgan fingerprint density at radius 1 is 1.20 bits per heavy atom. The van der Waals surface area contributed by atoms with Crippen molar-refractivity contribution < 1.29 is 0 Å². The number of aryl methyl sites for hydroxylation is 1. The highest BCUT2D eigenvalue weighted by Crippen LogP contribution is 2.35. The minimum Gasteiger partial charge on any atom is -0.385 e. The van der Waals surface area contributed by atoms with Crippen molar-refractivity contribution in [2.75, 3.05) is 11.9 Å². The Balaban J connectivity index is 1.88. The second kappa shape index (κ2) is 4.34. The van der Waals surface area contributed by atoms with E-state index in [-0.39, 0.29) is 0 Å². The fourth-order valence-corrected chi connectivity index (χ4v) is 2.99. The summed E-state index contributed by atoms with van der Waals surface area (Å²) in [6, 6.07) is 12.7. The summed E-state index contributed by atoms with van der Waals surface area (Å²) in [5, 5.41) is 12.2. The summed E-state index contributed by atoms with van der Waals surface area (Å²) in [5.41, 5.74) is 4.67. The Kier molecular flexibility index (Phi) is 2.49. The van der Waals surface area contributed by atoms with Crippen LogP contribution in [0, 0.1) is 6.92 Å². The van der Waals surface area contributed by atoms with E-state index in [2.05, 4.69) is 69.4 Å². The molecule has 3 heterocycles. The molecule has 0 spiro atoms. The van der Waals surface area contributed by atoms with Crippen LogP contribution < -0.4 is 5.32 Å². The molecule has 4 nitrogen and oxygen atoms in total. The molecule has 3 aromatic rings. The van der Waals surface area contributed by atoms with Crippen molar-refractivity contribution in [1.82, 2.24) is 14.6 Å². The van der Waals surface area contributed by atoms with Gasteiger partial charge in [-0.1, -0.05) is 18.2 Å². The number of rotatable bonds is 1. The van der Waals surface area contributed by atoms with Crippen LogP contribution in [0.25, 0.3) is 5.65 Å². The average Bonchev–Trinajstić information content (AvgIpc) is 2.89. The number of nitrogens with zero attached hydrogens (tertiary/aromatic N) is 3. The zero-order valence-corrected chi connectivity index (χ0v) is 11.4. The molecular weight excluding hydrogens is 248 g/mol. The van der Waals surface area contributed by atoms with Gasteiger partial charge in [0.2, 0.25) is 0 Å². The molecule has 1 aromatic carbocycles. The van der Waals surface area contributed by atoms with E-state index < -0.39 is 0 Å². The van der Waals surface area contributed by atoms with Gasteiger partial charge < -0.3 is 5.32 Å².